The molecule has 0 saturated carbocycles. The molecule has 0 bridgehead atoms. The molecule has 0 aliphatic heterocycles. The van der Waals surface area contributed by atoms with Crippen LogP contribution >= 0.6 is 0 Å². The highest BCUT2D eigenvalue weighted by molar-refractivity contribution is 7.92. The Kier molecular flexibility index (Phi) is 4.93. The van der Waals surface area contributed by atoms with Crippen LogP contribution in [0.3, 0.4) is 0 Å². The second kappa shape index (κ2) is 5.85. The second-order valence-electron chi connectivity index (χ2n) is 5.52. The van der Waals surface area contributed by atoms with Crippen molar-refractivity contribution in [1.29, 1.82) is 0 Å². The summed E-state index contributed by atoms with van der Waals surface area (Å²) in [6.07, 6.45) is 0. The van der Waals surface area contributed by atoms with Crippen LogP contribution in [0.2, 0.25) is 0 Å². The average Bonchev–Trinajstić information content (AvgIpc) is 2.28. The Labute approximate surface area is 111 Å². The van der Waals surface area contributed by atoms with Crippen LogP contribution in [0.1, 0.15) is 39.3 Å². The zero-order valence-corrected chi connectivity index (χ0v) is 12.4. The highest BCUT2D eigenvalue weighted by Crippen LogP contribution is 2.16. The van der Waals surface area contributed by atoms with Gasteiger partial charge in [-0.05, 0) is 33.3 Å². The summed E-state index contributed by atoms with van der Waals surface area (Å²) in [4.78, 5) is 0. The molecule has 0 fully saturated rings. The number of hydrogen-bond acceptors (Lipinski definition) is 3. The van der Waals surface area contributed by atoms with E-state index in [0.29, 0.717) is 6.54 Å². The Morgan fingerprint density at radius 1 is 1.17 bits per heavy atom. The monoisotopic (exact) mass is 269 g/mol. The van der Waals surface area contributed by atoms with Gasteiger partial charge in [-0.15, -0.1) is 0 Å². The van der Waals surface area contributed by atoms with Crippen LogP contribution in [0.4, 0.5) is 0 Å². The standard InChI is InChI=1S/C14H23NO2S/c1-12(13-8-6-5-7-9-13)15-10-11-18(16,17)14(2,3)4/h5-9,12,15H,10-11H2,1-4H3. The van der Waals surface area contributed by atoms with E-state index < -0.39 is 14.6 Å². The highest BCUT2D eigenvalue weighted by Gasteiger charge is 2.28. The van der Waals surface area contributed by atoms with Gasteiger partial charge in [0.15, 0.2) is 9.84 Å². The molecule has 3 nitrogen and oxygen atoms in total. The Hall–Kier alpha value is -0.870. The summed E-state index contributed by atoms with van der Waals surface area (Å²) in [5.74, 6) is 0.174. The smallest absolute Gasteiger partial charge is 0.156 e. The molecule has 0 radical (unpaired) electrons. The van der Waals surface area contributed by atoms with Gasteiger partial charge in [-0.25, -0.2) is 8.42 Å². The topological polar surface area (TPSA) is 46.2 Å². The largest absolute Gasteiger partial charge is 0.309 e. The van der Waals surface area contributed by atoms with Gasteiger partial charge in [0.25, 0.3) is 0 Å². The van der Waals surface area contributed by atoms with Gasteiger partial charge < -0.3 is 5.32 Å². The summed E-state index contributed by atoms with van der Waals surface area (Å²) >= 11 is 0. The molecule has 1 atom stereocenters. The first-order chi connectivity index (χ1) is 8.24. The molecular weight excluding hydrogens is 246 g/mol. The van der Waals surface area contributed by atoms with Gasteiger partial charge in [-0.3, -0.25) is 0 Å². The van der Waals surface area contributed by atoms with Crippen molar-refractivity contribution < 1.29 is 8.42 Å². The van der Waals surface area contributed by atoms with E-state index in [1.165, 1.54) is 5.56 Å². The van der Waals surface area contributed by atoms with E-state index in [1.807, 2.05) is 37.3 Å². The maximum atomic E-state index is 11.9. The lowest BCUT2D eigenvalue weighted by molar-refractivity contribution is 0.546. The van der Waals surface area contributed by atoms with Gasteiger partial charge in [-0.2, -0.15) is 0 Å². The van der Waals surface area contributed by atoms with E-state index in [-0.39, 0.29) is 11.8 Å². The Morgan fingerprint density at radius 2 is 1.72 bits per heavy atom. The van der Waals surface area contributed by atoms with E-state index in [0.717, 1.165) is 0 Å². The third-order valence-electron chi connectivity index (χ3n) is 3.05. The Bertz CT molecular complexity index is 460. The molecular formula is C14H23NO2S. The van der Waals surface area contributed by atoms with E-state index in [9.17, 15) is 8.42 Å². The minimum atomic E-state index is -3.04. The average molecular weight is 269 g/mol. The molecule has 1 N–H and O–H groups in total. The molecule has 18 heavy (non-hydrogen) atoms. The first-order valence-corrected chi connectivity index (χ1v) is 7.90. The van der Waals surface area contributed by atoms with Gasteiger partial charge in [0, 0.05) is 12.6 Å². The van der Waals surface area contributed by atoms with Crippen molar-refractivity contribution in [3.8, 4) is 0 Å². The lowest BCUT2D eigenvalue weighted by Crippen LogP contribution is -2.35. The fraction of sp³-hybridized carbons (Fsp3) is 0.571. The van der Waals surface area contributed by atoms with Crippen molar-refractivity contribution in [3.05, 3.63) is 35.9 Å². The molecule has 4 heteroatoms. The molecule has 1 unspecified atom stereocenters. The number of rotatable bonds is 5. The summed E-state index contributed by atoms with van der Waals surface area (Å²) in [6, 6.07) is 10.2. The van der Waals surface area contributed by atoms with Crippen LogP contribution < -0.4 is 5.32 Å². The third kappa shape index (κ3) is 4.10. The van der Waals surface area contributed by atoms with Crippen molar-refractivity contribution in [2.45, 2.75) is 38.5 Å². The lowest BCUT2D eigenvalue weighted by atomic mass is 10.1. The number of hydrogen-bond donors (Lipinski definition) is 1. The summed E-state index contributed by atoms with van der Waals surface area (Å²) in [6.45, 7) is 7.74. The SMILES string of the molecule is CC(NCCS(=O)(=O)C(C)(C)C)c1ccccc1. The predicted octanol–water partition coefficient (Wildman–Crippen LogP) is 2.55. The van der Waals surface area contributed by atoms with Crippen LogP contribution in [-0.2, 0) is 9.84 Å². The first-order valence-electron chi connectivity index (χ1n) is 6.25. The number of nitrogens with one attached hydrogen (secondary N) is 1. The van der Waals surface area contributed by atoms with Crippen LogP contribution in [0.5, 0.6) is 0 Å². The molecule has 0 aromatic heterocycles. The first kappa shape index (κ1) is 15.2. The summed E-state index contributed by atoms with van der Waals surface area (Å²) in [5.41, 5.74) is 1.17. The molecule has 0 aliphatic carbocycles. The highest BCUT2D eigenvalue weighted by atomic mass is 32.2. The molecule has 0 aliphatic rings. The summed E-state index contributed by atoms with van der Waals surface area (Å²) in [5, 5.41) is 3.25. The zero-order chi connectivity index (χ0) is 13.8. The number of sulfone groups is 1. The van der Waals surface area contributed by atoms with E-state index in [4.69, 9.17) is 0 Å². The van der Waals surface area contributed by atoms with Gasteiger partial charge in [0.05, 0.1) is 10.5 Å². The summed E-state index contributed by atoms with van der Waals surface area (Å²) < 4.78 is 23.2. The van der Waals surface area contributed by atoms with E-state index in [2.05, 4.69) is 5.32 Å². The molecule has 0 spiro atoms. The lowest BCUT2D eigenvalue weighted by Gasteiger charge is -2.20. The Balaban J connectivity index is 2.49. The molecule has 1 rings (SSSR count). The minimum Gasteiger partial charge on any atom is -0.309 e. The van der Waals surface area contributed by atoms with Gasteiger partial charge in [-0.1, -0.05) is 30.3 Å². The van der Waals surface area contributed by atoms with Crippen molar-refractivity contribution in [1.82, 2.24) is 5.32 Å². The predicted molar refractivity (Wildman–Crippen MR) is 76.4 cm³/mol. The molecule has 1 aromatic rings. The molecule has 0 saturated heterocycles. The molecule has 1 aromatic carbocycles. The van der Waals surface area contributed by atoms with E-state index in [1.54, 1.807) is 20.8 Å². The maximum Gasteiger partial charge on any atom is 0.156 e. The Morgan fingerprint density at radius 3 is 2.22 bits per heavy atom. The molecule has 102 valence electrons. The third-order valence-corrected chi connectivity index (χ3v) is 5.66. The number of benzene rings is 1. The van der Waals surface area contributed by atoms with Gasteiger partial charge in [0.1, 0.15) is 0 Å². The maximum absolute atomic E-state index is 11.9. The van der Waals surface area contributed by atoms with Crippen molar-refractivity contribution >= 4 is 9.84 Å². The fourth-order valence-electron chi connectivity index (χ4n) is 1.58. The normalized spacial score (nSPS) is 14.4. The van der Waals surface area contributed by atoms with Crippen LogP contribution in [0.15, 0.2) is 30.3 Å². The molecule has 0 heterocycles. The van der Waals surface area contributed by atoms with Gasteiger partial charge >= 0.3 is 0 Å². The van der Waals surface area contributed by atoms with E-state index >= 15 is 0 Å². The summed E-state index contributed by atoms with van der Waals surface area (Å²) in [7, 11) is -3.04. The van der Waals surface area contributed by atoms with Crippen LogP contribution in [0, 0.1) is 0 Å². The van der Waals surface area contributed by atoms with Crippen molar-refractivity contribution in [2.75, 3.05) is 12.3 Å². The van der Waals surface area contributed by atoms with Gasteiger partial charge in [0.2, 0.25) is 0 Å². The van der Waals surface area contributed by atoms with Crippen LogP contribution in [0.25, 0.3) is 0 Å². The van der Waals surface area contributed by atoms with Crippen molar-refractivity contribution in [3.63, 3.8) is 0 Å². The minimum absolute atomic E-state index is 0.168. The zero-order valence-electron chi connectivity index (χ0n) is 11.6. The van der Waals surface area contributed by atoms with Crippen molar-refractivity contribution in [2.24, 2.45) is 0 Å². The fourth-order valence-corrected chi connectivity index (χ4v) is 2.57. The molecule has 0 amide bonds. The second-order valence-corrected chi connectivity index (χ2v) is 8.38. The quantitative estimate of drug-likeness (QED) is 0.893. The van der Waals surface area contributed by atoms with Crippen LogP contribution in [-0.4, -0.2) is 25.5 Å².